The average molecular weight is 196 g/mol. The van der Waals surface area contributed by atoms with E-state index in [1.165, 1.54) is 58.2 Å². The molecule has 2 aliphatic heterocycles. The third kappa shape index (κ3) is 2.29. The quantitative estimate of drug-likeness (QED) is 0.728. The van der Waals surface area contributed by atoms with Crippen LogP contribution in [0.25, 0.3) is 0 Å². The highest BCUT2D eigenvalue weighted by Gasteiger charge is 2.30. The standard InChI is InChI=1S/C12H24N2/c1-2-6-11-7-3-4-9-14-10-5-8-13-12(11)14/h11-13H,2-10H2,1H3. The lowest BCUT2D eigenvalue weighted by atomic mass is 9.94. The van der Waals surface area contributed by atoms with Crippen LogP contribution in [0.4, 0.5) is 0 Å². The van der Waals surface area contributed by atoms with Crippen molar-refractivity contribution in [1.29, 1.82) is 0 Å². The predicted molar refractivity (Wildman–Crippen MR) is 60.2 cm³/mol. The van der Waals surface area contributed by atoms with E-state index in [-0.39, 0.29) is 0 Å². The first-order valence-electron chi connectivity index (χ1n) is 6.39. The van der Waals surface area contributed by atoms with Gasteiger partial charge in [-0.05, 0) is 44.7 Å². The summed E-state index contributed by atoms with van der Waals surface area (Å²) in [6.07, 6.45) is 9.12. The van der Waals surface area contributed by atoms with Gasteiger partial charge in [0, 0.05) is 6.54 Å². The van der Waals surface area contributed by atoms with Crippen molar-refractivity contribution in [3.8, 4) is 0 Å². The van der Waals surface area contributed by atoms with Crippen LogP contribution in [0.5, 0.6) is 0 Å². The molecule has 1 N–H and O–H groups in total. The van der Waals surface area contributed by atoms with Gasteiger partial charge in [0.05, 0.1) is 6.17 Å². The van der Waals surface area contributed by atoms with Crippen LogP contribution in [0.1, 0.15) is 45.4 Å². The molecule has 2 saturated heterocycles. The van der Waals surface area contributed by atoms with Crippen molar-refractivity contribution in [3.05, 3.63) is 0 Å². The molecule has 0 aromatic carbocycles. The van der Waals surface area contributed by atoms with Gasteiger partial charge in [-0.3, -0.25) is 4.90 Å². The van der Waals surface area contributed by atoms with Crippen LogP contribution < -0.4 is 5.32 Å². The number of nitrogens with zero attached hydrogens (tertiary/aromatic N) is 1. The summed E-state index contributed by atoms with van der Waals surface area (Å²) in [4.78, 5) is 2.69. The van der Waals surface area contributed by atoms with Crippen molar-refractivity contribution >= 4 is 0 Å². The first kappa shape index (κ1) is 10.4. The Morgan fingerprint density at radius 3 is 2.93 bits per heavy atom. The highest BCUT2D eigenvalue weighted by atomic mass is 15.3. The summed E-state index contributed by atoms with van der Waals surface area (Å²) in [5.74, 6) is 0.919. The van der Waals surface area contributed by atoms with Gasteiger partial charge in [-0.25, -0.2) is 0 Å². The monoisotopic (exact) mass is 196 g/mol. The molecule has 2 aliphatic rings. The number of fused-ring (bicyclic) bond motifs is 1. The molecule has 0 aromatic heterocycles. The van der Waals surface area contributed by atoms with E-state index in [0.29, 0.717) is 6.17 Å². The van der Waals surface area contributed by atoms with E-state index in [1.54, 1.807) is 0 Å². The van der Waals surface area contributed by atoms with E-state index in [2.05, 4.69) is 17.1 Å². The molecule has 0 saturated carbocycles. The van der Waals surface area contributed by atoms with E-state index >= 15 is 0 Å². The summed E-state index contributed by atoms with van der Waals surface area (Å²) in [5.41, 5.74) is 0. The molecule has 2 heteroatoms. The fourth-order valence-corrected chi connectivity index (χ4v) is 3.07. The van der Waals surface area contributed by atoms with Crippen molar-refractivity contribution in [1.82, 2.24) is 10.2 Å². The Labute approximate surface area is 88.1 Å². The maximum absolute atomic E-state index is 3.72. The van der Waals surface area contributed by atoms with Gasteiger partial charge in [0.2, 0.25) is 0 Å². The second-order valence-electron chi connectivity index (χ2n) is 4.83. The zero-order valence-corrected chi connectivity index (χ0v) is 9.47. The lowest BCUT2D eigenvalue weighted by Crippen LogP contribution is -2.54. The van der Waals surface area contributed by atoms with Crippen molar-refractivity contribution in [3.63, 3.8) is 0 Å². The fraction of sp³-hybridized carbons (Fsp3) is 1.00. The normalized spacial score (nSPS) is 34.9. The molecule has 0 radical (unpaired) electrons. The molecular weight excluding hydrogens is 172 g/mol. The topological polar surface area (TPSA) is 15.3 Å². The van der Waals surface area contributed by atoms with Crippen molar-refractivity contribution in [2.24, 2.45) is 5.92 Å². The van der Waals surface area contributed by atoms with Gasteiger partial charge in [0.15, 0.2) is 0 Å². The van der Waals surface area contributed by atoms with Crippen LogP contribution in [0.2, 0.25) is 0 Å². The zero-order chi connectivity index (χ0) is 9.80. The summed E-state index contributed by atoms with van der Waals surface area (Å²) >= 11 is 0. The van der Waals surface area contributed by atoms with Crippen LogP contribution in [0.15, 0.2) is 0 Å². The second-order valence-corrected chi connectivity index (χ2v) is 4.83. The average Bonchev–Trinajstić information content (AvgIpc) is 2.42. The number of hydrogen-bond acceptors (Lipinski definition) is 2. The molecule has 2 atom stereocenters. The molecule has 0 spiro atoms. The zero-order valence-electron chi connectivity index (χ0n) is 9.47. The maximum Gasteiger partial charge on any atom is 0.0626 e. The highest BCUT2D eigenvalue weighted by molar-refractivity contribution is 4.83. The fourth-order valence-electron chi connectivity index (χ4n) is 3.07. The first-order valence-corrected chi connectivity index (χ1v) is 6.39. The number of rotatable bonds is 2. The van der Waals surface area contributed by atoms with E-state index in [4.69, 9.17) is 0 Å². The minimum Gasteiger partial charge on any atom is -0.301 e. The molecule has 0 bridgehead atoms. The molecule has 2 heterocycles. The predicted octanol–water partition coefficient (Wildman–Crippen LogP) is 2.21. The minimum absolute atomic E-state index is 0.714. The molecule has 0 aromatic rings. The number of nitrogens with one attached hydrogen (secondary N) is 1. The third-order valence-electron chi connectivity index (χ3n) is 3.75. The van der Waals surface area contributed by atoms with Crippen LogP contribution in [0, 0.1) is 5.92 Å². The van der Waals surface area contributed by atoms with E-state index in [1.807, 2.05) is 0 Å². The van der Waals surface area contributed by atoms with Gasteiger partial charge in [0.25, 0.3) is 0 Å². The van der Waals surface area contributed by atoms with Gasteiger partial charge >= 0.3 is 0 Å². The van der Waals surface area contributed by atoms with E-state index < -0.39 is 0 Å². The van der Waals surface area contributed by atoms with Crippen LogP contribution >= 0.6 is 0 Å². The Balaban J connectivity index is 1.99. The molecule has 14 heavy (non-hydrogen) atoms. The van der Waals surface area contributed by atoms with Gasteiger partial charge in [-0.2, -0.15) is 0 Å². The van der Waals surface area contributed by atoms with Crippen molar-refractivity contribution in [2.45, 2.75) is 51.6 Å². The molecule has 2 nitrogen and oxygen atoms in total. The van der Waals surface area contributed by atoms with Crippen LogP contribution in [0.3, 0.4) is 0 Å². The smallest absolute Gasteiger partial charge is 0.0626 e. The third-order valence-corrected chi connectivity index (χ3v) is 3.75. The van der Waals surface area contributed by atoms with Gasteiger partial charge in [0.1, 0.15) is 0 Å². The Morgan fingerprint density at radius 1 is 1.21 bits per heavy atom. The van der Waals surface area contributed by atoms with Crippen molar-refractivity contribution in [2.75, 3.05) is 19.6 Å². The second kappa shape index (κ2) is 5.13. The Bertz CT molecular complexity index is 170. The molecule has 0 amide bonds. The SMILES string of the molecule is CCCC1CCCCN2CCCNC12. The van der Waals surface area contributed by atoms with Crippen molar-refractivity contribution < 1.29 is 0 Å². The van der Waals surface area contributed by atoms with Crippen LogP contribution in [-0.2, 0) is 0 Å². The Hall–Kier alpha value is -0.0800. The van der Waals surface area contributed by atoms with E-state index in [9.17, 15) is 0 Å². The summed E-state index contributed by atoms with van der Waals surface area (Å²) in [5, 5.41) is 3.72. The first-order chi connectivity index (χ1) is 6.92. The summed E-state index contributed by atoms with van der Waals surface area (Å²) in [6, 6.07) is 0. The van der Waals surface area contributed by atoms with Gasteiger partial charge < -0.3 is 5.32 Å². The highest BCUT2D eigenvalue weighted by Crippen LogP contribution is 2.26. The minimum atomic E-state index is 0.714. The Kier molecular flexibility index (Phi) is 3.82. The maximum atomic E-state index is 3.72. The van der Waals surface area contributed by atoms with E-state index in [0.717, 1.165) is 5.92 Å². The van der Waals surface area contributed by atoms with Crippen LogP contribution in [-0.4, -0.2) is 30.7 Å². The lowest BCUT2D eigenvalue weighted by molar-refractivity contribution is 0.0895. The molecule has 82 valence electrons. The molecule has 2 fully saturated rings. The molecular formula is C12H24N2. The summed E-state index contributed by atoms with van der Waals surface area (Å²) in [7, 11) is 0. The lowest BCUT2D eigenvalue weighted by Gasteiger charge is -2.39. The van der Waals surface area contributed by atoms with Gasteiger partial charge in [-0.1, -0.05) is 19.8 Å². The largest absolute Gasteiger partial charge is 0.301 e. The molecule has 2 rings (SSSR count). The number of hydrogen-bond donors (Lipinski definition) is 1. The molecule has 2 unspecified atom stereocenters. The summed E-state index contributed by atoms with van der Waals surface area (Å²) in [6.45, 7) is 6.22. The Morgan fingerprint density at radius 2 is 2.07 bits per heavy atom. The molecule has 0 aliphatic carbocycles. The van der Waals surface area contributed by atoms with Gasteiger partial charge in [-0.15, -0.1) is 0 Å². The summed E-state index contributed by atoms with van der Waals surface area (Å²) < 4.78 is 0.